The van der Waals surface area contributed by atoms with E-state index in [2.05, 4.69) is 33.0 Å². The fourth-order valence-corrected chi connectivity index (χ4v) is 1.08. The van der Waals surface area contributed by atoms with Gasteiger partial charge >= 0.3 is 0 Å². The molecule has 1 aromatic rings. The first-order valence-electron chi connectivity index (χ1n) is 5.02. The molecule has 14 heavy (non-hydrogen) atoms. The summed E-state index contributed by atoms with van der Waals surface area (Å²) in [6, 6.07) is 8.26. The Morgan fingerprint density at radius 2 is 1.79 bits per heavy atom. The van der Waals surface area contributed by atoms with Gasteiger partial charge in [-0.15, -0.1) is 0 Å². The lowest BCUT2D eigenvalue weighted by Gasteiger charge is -2.29. The standard InChI is InChI=1S/C12H20N2/c1-9(12(2,3)4)14-11-8-6-5-7-10(11)13/h5-9,14H,13H2,1-4H3. The van der Waals surface area contributed by atoms with Crippen molar-refractivity contribution in [2.24, 2.45) is 5.41 Å². The van der Waals surface area contributed by atoms with Crippen LogP contribution in [0.25, 0.3) is 0 Å². The Morgan fingerprint density at radius 1 is 1.21 bits per heavy atom. The Hall–Kier alpha value is -1.18. The third-order valence-corrected chi connectivity index (χ3v) is 2.63. The van der Waals surface area contributed by atoms with Crippen molar-refractivity contribution in [1.82, 2.24) is 0 Å². The average molecular weight is 192 g/mol. The van der Waals surface area contributed by atoms with Crippen LogP contribution in [-0.4, -0.2) is 6.04 Å². The second-order valence-corrected chi connectivity index (χ2v) is 4.82. The summed E-state index contributed by atoms with van der Waals surface area (Å²) in [5.41, 5.74) is 7.92. The number of rotatable bonds is 2. The van der Waals surface area contributed by atoms with Crippen LogP contribution in [0.5, 0.6) is 0 Å². The van der Waals surface area contributed by atoms with E-state index in [4.69, 9.17) is 5.73 Å². The second-order valence-electron chi connectivity index (χ2n) is 4.82. The highest BCUT2D eigenvalue weighted by Crippen LogP contribution is 2.25. The molecule has 0 heterocycles. The fourth-order valence-electron chi connectivity index (χ4n) is 1.08. The zero-order valence-electron chi connectivity index (χ0n) is 9.46. The van der Waals surface area contributed by atoms with Crippen molar-refractivity contribution < 1.29 is 0 Å². The summed E-state index contributed by atoms with van der Waals surface area (Å²) in [6.07, 6.45) is 0. The van der Waals surface area contributed by atoms with E-state index in [1.54, 1.807) is 0 Å². The molecule has 2 heteroatoms. The highest BCUT2D eigenvalue weighted by Gasteiger charge is 2.19. The van der Waals surface area contributed by atoms with Crippen molar-refractivity contribution in [3.63, 3.8) is 0 Å². The molecule has 2 nitrogen and oxygen atoms in total. The number of hydrogen-bond acceptors (Lipinski definition) is 2. The highest BCUT2D eigenvalue weighted by molar-refractivity contribution is 5.66. The van der Waals surface area contributed by atoms with Gasteiger partial charge in [0.05, 0.1) is 11.4 Å². The summed E-state index contributed by atoms with van der Waals surface area (Å²) in [5, 5.41) is 3.43. The van der Waals surface area contributed by atoms with Gasteiger partial charge in [0.1, 0.15) is 0 Å². The molecule has 0 saturated carbocycles. The predicted octanol–water partition coefficient (Wildman–Crippen LogP) is 3.12. The lowest BCUT2D eigenvalue weighted by molar-refractivity contribution is 0.359. The summed E-state index contributed by atoms with van der Waals surface area (Å²) in [4.78, 5) is 0. The molecule has 0 bridgehead atoms. The number of hydrogen-bond donors (Lipinski definition) is 2. The number of benzene rings is 1. The van der Waals surface area contributed by atoms with E-state index < -0.39 is 0 Å². The van der Waals surface area contributed by atoms with E-state index in [1.807, 2.05) is 24.3 Å². The van der Waals surface area contributed by atoms with Crippen LogP contribution in [0.1, 0.15) is 27.7 Å². The van der Waals surface area contributed by atoms with Crippen LogP contribution in [0.3, 0.4) is 0 Å². The molecule has 0 spiro atoms. The maximum Gasteiger partial charge on any atom is 0.0576 e. The molecule has 78 valence electrons. The van der Waals surface area contributed by atoms with Crippen molar-refractivity contribution in [1.29, 1.82) is 0 Å². The van der Waals surface area contributed by atoms with E-state index in [0.29, 0.717) is 6.04 Å². The SMILES string of the molecule is CC(Nc1ccccc1N)C(C)(C)C. The van der Waals surface area contributed by atoms with Gasteiger partial charge in [0.15, 0.2) is 0 Å². The minimum Gasteiger partial charge on any atom is -0.397 e. The van der Waals surface area contributed by atoms with Crippen LogP contribution in [0, 0.1) is 5.41 Å². The van der Waals surface area contributed by atoms with Gasteiger partial charge in [-0.2, -0.15) is 0 Å². The first-order valence-corrected chi connectivity index (χ1v) is 5.02. The molecule has 0 amide bonds. The maximum atomic E-state index is 5.85. The van der Waals surface area contributed by atoms with Gasteiger partial charge in [0, 0.05) is 6.04 Å². The molecule has 3 N–H and O–H groups in total. The summed E-state index contributed by atoms with van der Waals surface area (Å²) in [6.45, 7) is 8.81. The molecule has 0 radical (unpaired) electrons. The van der Waals surface area contributed by atoms with Gasteiger partial charge in [0.2, 0.25) is 0 Å². The van der Waals surface area contributed by atoms with Gasteiger partial charge in [-0.05, 0) is 24.5 Å². The average Bonchev–Trinajstić information content (AvgIpc) is 2.07. The molecule has 0 aliphatic heterocycles. The van der Waals surface area contributed by atoms with E-state index in [9.17, 15) is 0 Å². The smallest absolute Gasteiger partial charge is 0.0576 e. The van der Waals surface area contributed by atoms with Crippen molar-refractivity contribution >= 4 is 11.4 Å². The molecule has 0 aliphatic rings. The van der Waals surface area contributed by atoms with Crippen LogP contribution in [0.2, 0.25) is 0 Å². The summed E-state index contributed by atoms with van der Waals surface area (Å²) in [5.74, 6) is 0. The van der Waals surface area contributed by atoms with Gasteiger partial charge in [-0.1, -0.05) is 32.9 Å². The number of nitrogens with one attached hydrogen (secondary N) is 1. The molecule has 0 fully saturated rings. The largest absolute Gasteiger partial charge is 0.397 e. The number of para-hydroxylation sites is 2. The molecule has 0 aromatic heterocycles. The maximum absolute atomic E-state index is 5.85. The van der Waals surface area contributed by atoms with Crippen molar-refractivity contribution in [2.75, 3.05) is 11.1 Å². The monoisotopic (exact) mass is 192 g/mol. The molecular formula is C12H20N2. The van der Waals surface area contributed by atoms with Gasteiger partial charge in [0.25, 0.3) is 0 Å². The highest BCUT2D eigenvalue weighted by atomic mass is 14.9. The molecule has 1 rings (SSSR count). The Bertz CT molecular complexity index is 299. The fraction of sp³-hybridized carbons (Fsp3) is 0.500. The lowest BCUT2D eigenvalue weighted by atomic mass is 9.88. The van der Waals surface area contributed by atoms with Crippen LogP contribution in [-0.2, 0) is 0 Å². The zero-order chi connectivity index (χ0) is 10.8. The quantitative estimate of drug-likeness (QED) is 0.706. The zero-order valence-corrected chi connectivity index (χ0v) is 9.46. The molecular weight excluding hydrogens is 172 g/mol. The topological polar surface area (TPSA) is 38.0 Å². The Labute approximate surface area is 86.5 Å². The lowest BCUT2D eigenvalue weighted by Crippen LogP contribution is -2.31. The molecule has 1 atom stereocenters. The predicted molar refractivity (Wildman–Crippen MR) is 63.4 cm³/mol. The van der Waals surface area contributed by atoms with Crippen molar-refractivity contribution in [3.8, 4) is 0 Å². The third kappa shape index (κ3) is 2.66. The number of nitrogen functional groups attached to an aromatic ring is 1. The molecule has 0 aliphatic carbocycles. The molecule has 1 aromatic carbocycles. The van der Waals surface area contributed by atoms with Crippen LogP contribution >= 0.6 is 0 Å². The minimum atomic E-state index is 0.238. The van der Waals surface area contributed by atoms with E-state index in [0.717, 1.165) is 11.4 Å². The number of nitrogens with two attached hydrogens (primary N) is 1. The minimum absolute atomic E-state index is 0.238. The normalized spacial score (nSPS) is 13.7. The molecule has 0 saturated heterocycles. The summed E-state index contributed by atoms with van der Waals surface area (Å²) in [7, 11) is 0. The third-order valence-electron chi connectivity index (χ3n) is 2.63. The Balaban J connectivity index is 2.75. The van der Waals surface area contributed by atoms with Gasteiger partial charge in [-0.3, -0.25) is 0 Å². The van der Waals surface area contributed by atoms with E-state index in [-0.39, 0.29) is 5.41 Å². The van der Waals surface area contributed by atoms with E-state index >= 15 is 0 Å². The first kappa shape index (κ1) is 10.9. The molecule has 1 unspecified atom stereocenters. The van der Waals surface area contributed by atoms with Crippen LogP contribution in [0.4, 0.5) is 11.4 Å². The van der Waals surface area contributed by atoms with Crippen LogP contribution in [0.15, 0.2) is 24.3 Å². The first-order chi connectivity index (χ1) is 6.41. The van der Waals surface area contributed by atoms with Crippen LogP contribution < -0.4 is 11.1 Å². The van der Waals surface area contributed by atoms with Crippen molar-refractivity contribution in [2.45, 2.75) is 33.7 Å². The number of anilines is 2. The van der Waals surface area contributed by atoms with E-state index in [1.165, 1.54) is 0 Å². The summed E-state index contributed by atoms with van der Waals surface area (Å²) >= 11 is 0. The van der Waals surface area contributed by atoms with Gasteiger partial charge < -0.3 is 11.1 Å². The summed E-state index contributed by atoms with van der Waals surface area (Å²) < 4.78 is 0. The van der Waals surface area contributed by atoms with Crippen molar-refractivity contribution in [3.05, 3.63) is 24.3 Å². The second kappa shape index (κ2) is 3.91. The Morgan fingerprint density at radius 3 is 2.29 bits per heavy atom. The van der Waals surface area contributed by atoms with Gasteiger partial charge in [-0.25, -0.2) is 0 Å². The Kier molecular flexibility index (Phi) is 3.04.